The molecule has 0 unspecified atom stereocenters. The van der Waals surface area contributed by atoms with E-state index in [-0.39, 0.29) is 0 Å². The number of thiol groups is 2. The first-order chi connectivity index (χ1) is 17.2. The fourth-order valence-electron chi connectivity index (χ4n) is 4.88. The molecule has 0 amide bonds. The van der Waals surface area contributed by atoms with E-state index < -0.39 is 0 Å². The molecule has 0 saturated heterocycles. The van der Waals surface area contributed by atoms with E-state index in [1.165, 1.54) is 22.3 Å². The number of rotatable bonds is 4. The Bertz CT molecular complexity index is 1390. The molecule has 35 heavy (non-hydrogen) atoms. The summed E-state index contributed by atoms with van der Waals surface area (Å²) in [5, 5.41) is 0. The predicted molar refractivity (Wildman–Crippen MR) is 146 cm³/mol. The van der Waals surface area contributed by atoms with Crippen LogP contribution in [0, 0.1) is 0 Å². The van der Waals surface area contributed by atoms with Crippen molar-refractivity contribution in [2.45, 2.75) is 29.3 Å². The smallest absolute Gasteiger partial charge is 0.161 e. The molecule has 4 aromatic rings. The van der Waals surface area contributed by atoms with Crippen molar-refractivity contribution in [3.63, 3.8) is 0 Å². The van der Waals surface area contributed by atoms with Gasteiger partial charge < -0.3 is 19.3 Å². The highest BCUT2D eigenvalue weighted by molar-refractivity contribution is 7.80. The average Bonchev–Trinajstić information content (AvgIpc) is 2.89. The van der Waals surface area contributed by atoms with Gasteiger partial charge in [-0.15, -0.1) is 25.3 Å². The van der Waals surface area contributed by atoms with E-state index >= 15 is 0 Å². The molecule has 0 saturated carbocycles. The summed E-state index contributed by atoms with van der Waals surface area (Å²) in [5.74, 6) is 1.95. The number of nitrogens with zero attached hydrogens (tertiary/aromatic N) is 2. The summed E-state index contributed by atoms with van der Waals surface area (Å²) in [6.45, 7) is 2.63. The van der Waals surface area contributed by atoms with Crippen LogP contribution in [0.15, 0.2) is 94.7 Å². The SMILES string of the molecule is Sc1ccccc1N1COc2ccc(Cc3cccc4c3OCN(c3ccccc3S)C4)cc2C1. The van der Waals surface area contributed by atoms with Crippen molar-refractivity contribution < 1.29 is 9.47 Å². The Morgan fingerprint density at radius 3 is 2.03 bits per heavy atom. The molecule has 4 aromatic carbocycles. The normalized spacial score (nSPS) is 14.6. The van der Waals surface area contributed by atoms with E-state index in [9.17, 15) is 0 Å². The summed E-state index contributed by atoms with van der Waals surface area (Å²) in [7, 11) is 0. The lowest BCUT2D eigenvalue weighted by Gasteiger charge is -2.33. The highest BCUT2D eigenvalue weighted by Crippen LogP contribution is 2.36. The third kappa shape index (κ3) is 4.44. The van der Waals surface area contributed by atoms with Crippen LogP contribution in [0.3, 0.4) is 0 Å². The minimum Gasteiger partial charge on any atom is -0.473 e. The first-order valence-electron chi connectivity index (χ1n) is 11.7. The van der Waals surface area contributed by atoms with Crippen LogP contribution in [-0.2, 0) is 19.5 Å². The first kappa shape index (κ1) is 22.3. The van der Waals surface area contributed by atoms with Crippen LogP contribution >= 0.6 is 25.3 Å². The topological polar surface area (TPSA) is 24.9 Å². The molecular weight excluding hydrogens is 472 g/mol. The van der Waals surface area contributed by atoms with Crippen LogP contribution in [0.1, 0.15) is 22.3 Å². The highest BCUT2D eigenvalue weighted by atomic mass is 32.1. The molecule has 0 spiro atoms. The van der Waals surface area contributed by atoms with Gasteiger partial charge in [0, 0.05) is 40.4 Å². The Balaban J connectivity index is 1.23. The van der Waals surface area contributed by atoms with Gasteiger partial charge in [0.15, 0.2) is 13.5 Å². The Kier molecular flexibility index (Phi) is 6.00. The maximum absolute atomic E-state index is 6.30. The number of fused-ring (bicyclic) bond motifs is 2. The summed E-state index contributed by atoms with van der Waals surface area (Å²) in [4.78, 5) is 6.36. The average molecular weight is 499 g/mol. The van der Waals surface area contributed by atoms with E-state index in [2.05, 4.69) is 83.6 Å². The van der Waals surface area contributed by atoms with Crippen molar-refractivity contribution in [2.75, 3.05) is 23.3 Å². The van der Waals surface area contributed by atoms with Crippen LogP contribution in [0.4, 0.5) is 11.4 Å². The summed E-state index contributed by atoms with van der Waals surface area (Å²) in [5.41, 5.74) is 7.01. The number of benzene rings is 4. The fraction of sp³-hybridized carbons (Fsp3) is 0.172. The van der Waals surface area contributed by atoms with Gasteiger partial charge >= 0.3 is 0 Å². The Morgan fingerprint density at radius 1 is 0.657 bits per heavy atom. The van der Waals surface area contributed by atoms with Gasteiger partial charge in [-0.05, 0) is 47.5 Å². The fourth-order valence-corrected chi connectivity index (χ4v) is 5.48. The molecule has 0 radical (unpaired) electrons. The molecule has 6 rings (SSSR count). The van der Waals surface area contributed by atoms with Gasteiger partial charge in [0.2, 0.25) is 0 Å². The maximum atomic E-state index is 6.30. The van der Waals surface area contributed by atoms with Crippen LogP contribution in [-0.4, -0.2) is 13.5 Å². The van der Waals surface area contributed by atoms with Crippen molar-refractivity contribution in [1.29, 1.82) is 0 Å². The third-order valence-corrected chi connectivity index (χ3v) is 7.36. The lowest BCUT2D eigenvalue weighted by Crippen LogP contribution is -2.32. The Morgan fingerprint density at radius 2 is 1.31 bits per heavy atom. The van der Waals surface area contributed by atoms with Crippen LogP contribution in [0.25, 0.3) is 0 Å². The van der Waals surface area contributed by atoms with Crippen molar-refractivity contribution in [2.24, 2.45) is 0 Å². The summed E-state index contributed by atoms with van der Waals surface area (Å²) < 4.78 is 12.4. The molecule has 0 atom stereocenters. The second kappa shape index (κ2) is 9.44. The zero-order chi connectivity index (χ0) is 23.8. The van der Waals surface area contributed by atoms with E-state index in [0.717, 1.165) is 52.2 Å². The summed E-state index contributed by atoms with van der Waals surface area (Å²) >= 11 is 9.25. The number of ether oxygens (including phenoxy) is 2. The largest absolute Gasteiger partial charge is 0.473 e. The monoisotopic (exact) mass is 498 g/mol. The highest BCUT2D eigenvalue weighted by Gasteiger charge is 2.23. The molecule has 0 aliphatic carbocycles. The first-order valence-corrected chi connectivity index (χ1v) is 12.6. The van der Waals surface area contributed by atoms with Gasteiger partial charge in [0.25, 0.3) is 0 Å². The number of anilines is 2. The van der Waals surface area contributed by atoms with Gasteiger partial charge in [0.1, 0.15) is 11.5 Å². The molecule has 0 N–H and O–H groups in total. The lowest BCUT2D eigenvalue weighted by atomic mass is 9.98. The molecule has 0 aromatic heterocycles. The van der Waals surface area contributed by atoms with Gasteiger partial charge in [-0.1, -0.05) is 48.5 Å². The minimum atomic E-state index is 0.512. The lowest BCUT2D eigenvalue weighted by molar-refractivity contribution is 0.286. The van der Waals surface area contributed by atoms with Crippen LogP contribution < -0.4 is 19.3 Å². The van der Waals surface area contributed by atoms with Gasteiger partial charge in [-0.2, -0.15) is 0 Å². The molecular formula is C29H26N2O2S2. The van der Waals surface area contributed by atoms with E-state index in [0.29, 0.717) is 13.5 Å². The van der Waals surface area contributed by atoms with Crippen molar-refractivity contribution >= 4 is 36.6 Å². The predicted octanol–water partition coefficient (Wildman–Crippen LogP) is 6.57. The Hall–Kier alpha value is -3.22. The van der Waals surface area contributed by atoms with Gasteiger partial charge in [-0.3, -0.25) is 0 Å². The Labute approximate surface area is 216 Å². The number of hydrogen-bond donors (Lipinski definition) is 2. The second-order valence-corrected chi connectivity index (χ2v) is 9.91. The van der Waals surface area contributed by atoms with E-state index in [1.807, 2.05) is 36.4 Å². The maximum Gasteiger partial charge on any atom is 0.161 e. The number of hydrogen-bond acceptors (Lipinski definition) is 6. The zero-order valence-electron chi connectivity index (χ0n) is 19.2. The molecule has 6 heteroatoms. The second-order valence-electron chi connectivity index (χ2n) is 8.94. The molecule has 2 aliphatic heterocycles. The molecule has 176 valence electrons. The van der Waals surface area contributed by atoms with Gasteiger partial charge in [-0.25, -0.2) is 0 Å². The molecule has 2 aliphatic rings. The quantitative estimate of drug-likeness (QED) is 0.311. The standard InChI is InChI=1S/C29H26N2O2S2/c34-27-10-3-1-8-24(27)30-16-22-7-5-6-21(29(22)33-19-30)14-20-12-13-26-23(15-20)17-31(18-32-26)25-9-2-4-11-28(25)35/h1-13,15,34-35H,14,16-19H2. The molecule has 0 fully saturated rings. The van der Waals surface area contributed by atoms with E-state index in [1.54, 1.807) is 0 Å². The molecule has 2 heterocycles. The molecule has 0 bridgehead atoms. The minimum absolute atomic E-state index is 0.512. The summed E-state index contributed by atoms with van der Waals surface area (Å²) in [6, 6.07) is 29.2. The summed E-state index contributed by atoms with van der Waals surface area (Å²) in [6.07, 6.45) is 0.808. The third-order valence-electron chi connectivity index (χ3n) is 6.61. The zero-order valence-corrected chi connectivity index (χ0v) is 21.0. The van der Waals surface area contributed by atoms with Crippen molar-refractivity contribution in [3.8, 4) is 11.5 Å². The van der Waals surface area contributed by atoms with Crippen molar-refractivity contribution in [1.82, 2.24) is 0 Å². The molecule has 4 nitrogen and oxygen atoms in total. The van der Waals surface area contributed by atoms with Crippen LogP contribution in [0.5, 0.6) is 11.5 Å². The van der Waals surface area contributed by atoms with Crippen molar-refractivity contribution in [3.05, 3.63) is 107 Å². The number of para-hydroxylation sites is 3. The van der Waals surface area contributed by atoms with Crippen LogP contribution in [0.2, 0.25) is 0 Å². The van der Waals surface area contributed by atoms with E-state index in [4.69, 9.17) is 9.47 Å². The van der Waals surface area contributed by atoms with Gasteiger partial charge in [0.05, 0.1) is 11.4 Å².